The first-order valence-electron chi connectivity index (χ1n) is 8.89. The Bertz CT molecular complexity index is 845. The van der Waals surface area contributed by atoms with Crippen molar-refractivity contribution in [3.05, 3.63) is 47.0 Å². The minimum absolute atomic E-state index is 0.00707. The molecule has 0 atom stereocenters. The number of nitrogens with zero attached hydrogens (tertiary/aromatic N) is 1. The number of oxime groups is 1. The molecule has 0 fully saturated rings. The van der Waals surface area contributed by atoms with E-state index in [2.05, 4.69) is 17.1 Å². The third-order valence-corrected chi connectivity index (χ3v) is 4.62. The van der Waals surface area contributed by atoms with E-state index in [9.17, 15) is 22.8 Å². The number of hydrogen-bond acceptors (Lipinski definition) is 5. The Morgan fingerprint density at radius 2 is 1.97 bits per heavy atom. The highest BCUT2D eigenvalue weighted by molar-refractivity contribution is 5.98. The molecule has 1 aromatic carbocycles. The number of halogens is 3. The number of amides is 1. The third-order valence-electron chi connectivity index (χ3n) is 4.62. The zero-order chi connectivity index (χ0) is 21.8. The van der Waals surface area contributed by atoms with E-state index in [1.54, 1.807) is 0 Å². The fourth-order valence-corrected chi connectivity index (χ4v) is 2.90. The molecule has 1 N–H and O–H groups in total. The van der Waals surface area contributed by atoms with E-state index in [0.29, 0.717) is 5.71 Å². The Morgan fingerprint density at radius 3 is 2.59 bits per heavy atom. The number of alkyl halides is 3. The fourth-order valence-electron chi connectivity index (χ4n) is 2.90. The number of esters is 1. The first kappa shape index (κ1) is 22.4. The normalized spacial score (nSPS) is 19.9. The highest BCUT2D eigenvalue weighted by Crippen LogP contribution is 2.31. The first-order chi connectivity index (χ1) is 13.5. The van der Waals surface area contributed by atoms with Crippen LogP contribution in [0.5, 0.6) is 0 Å². The SMILES string of the molecule is C=C1Cc2cc(C(F)(F)F)ccc2C(=O)NCC(C)(C)/C(=N/OC)CCOC1=O. The average molecular weight is 412 g/mol. The third kappa shape index (κ3) is 5.58. The number of carbonyl (C=O) groups is 2. The number of fused-ring (bicyclic) bond motifs is 1. The molecular formula is C20H23F3N2O4. The van der Waals surface area contributed by atoms with Crippen LogP contribution in [0.2, 0.25) is 0 Å². The Kier molecular flexibility index (Phi) is 6.71. The quantitative estimate of drug-likeness (QED) is 0.435. The fraction of sp³-hybridized carbons (Fsp3) is 0.450. The monoisotopic (exact) mass is 412 g/mol. The zero-order valence-electron chi connectivity index (χ0n) is 16.5. The van der Waals surface area contributed by atoms with Gasteiger partial charge in [-0.25, -0.2) is 4.79 Å². The predicted molar refractivity (Wildman–Crippen MR) is 100 cm³/mol. The number of nitrogens with one attached hydrogen (secondary N) is 1. The summed E-state index contributed by atoms with van der Waals surface area (Å²) >= 11 is 0. The van der Waals surface area contributed by atoms with Gasteiger partial charge in [-0.1, -0.05) is 25.6 Å². The van der Waals surface area contributed by atoms with Crippen LogP contribution >= 0.6 is 0 Å². The van der Waals surface area contributed by atoms with Crippen LogP contribution < -0.4 is 5.32 Å². The van der Waals surface area contributed by atoms with Crippen molar-refractivity contribution in [1.82, 2.24) is 5.32 Å². The Morgan fingerprint density at radius 1 is 1.28 bits per heavy atom. The molecule has 1 aromatic rings. The number of carbonyl (C=O) groups excluding carboxylic acids is 2. The number of ether oxygens (including phenoxy) is 1. The van der Waals surface area contributed by atoms with Gasteiger partial charge in [0, 0.05) is 35.9 Å². The average Bonchev–Trinajstić information content (AvgIpc) is 2.64. The van der Waals surface area contributed by atoms with E-state index in [1.165, 1.54) is 7.11 Å². The van der Waals surface area contributed by atoms with Gasteiger partial charge in [-0.3, -0.25) is 4.79 Å². The summed E-state index contributed by atoms with van der Waals surface area (Å²) in [5.74, 6) is -1.30. The summed E-state index contributed by atoms with van der Waals surface area (Å²) in [6.45, 7) is 7.39. The van der Waals surface area contributed by atoms with Crippen molar-refractivity contribution in [2.24, 2.45) is 10.6 Å². The first-order valence-corrected chi connectivity index (χ1v) is 8.89. The van der Waals surface area contributed by atoms with Crippen molar-refractivity contribution < 1.29 is 32.3 Å². The number of hydrogen-bond donors (Lipinski definition) is 1. The molecule has 0 unspecified atom stereocenters. The van der Waals surface area contributed by atoms with Gasteiger partial charge in [0.1, 0.15) is 7.11 Å². The van der Waals surface area contributed by atoms with Crippen LogP contribution in [0.4, 0.5) is 13.2 Å². The minimum Gasteiger partial charge on any atom is -0.462 e. The van der Waals surface area contributed by atoms with Crippen molar-refractivity contribution >= 4 is 17.6 Å². The Balaban J connectivity index is 2.47. The molecule has 1 aliphatic heterocycles. The summed E-state index contributed by atoms with van der Waals surface area (Å²) in [5, 5.41) is 6.69. The summed E-state index contributed by atoms with van der Waals surface area (Å²) in [6, 6.07) is 2.79. The number of benzene rings is 1. The van der Waals surface area contributed by atoms with Crippen molar-refractivity contribution in [3.8, 4) is 0 Å². The van der Waals surface area contributed by atoms with Crippen LogP contribution in [0.3, 0.4) is 0 Å². The van der Waals surface area contributed by atoms with Crippen LogP contribution in [-0.2, 0) is 27.0 Å². The molecule has 0 aliphatic carbocycles. The minimum atomic E-state index is -4.58. The largest absolute Gasteiger partial charge is 0.462 e. The predicted octanol–water partition coefficient (Wildman–Crippen LogP) is 3.51. The number of rotatable bonds is 1. The molecule has 0 radical (unpaired) electrons. The van der Waals surface area contributed by atoms with Gasteiger partial charge in [0.15, 0.2) is 0 Å². The molecule has 1 amide bonds. The zero-order valence-corrected chi connectivity index (χ0v) is 16.5. The molecule has 9 heteroatoms. The molecule has 1 aliphatic rings. The second-order valence-electron chi connectivity index (χ2n) is 7.32. The van der Waals surface area contributed by atoms with E-state index >= 15 is 0 Å². The summed E-state index contributed by atoms with van der Waals surface area (Å²) < 4.78 is 44.5. The maximum atomic E-state index is 13.1. The van der Waals surface area contributed by atoms with Gasteiger partial charge in [0.25, 0.3) is 5.91 Å². The standard InChI is InChI=1S/C20H23F3N2O4/c1-12-9-13-10-14(20(21,22)23)5-6-15(13)17(26)24-11-19(2,3)16(25-28-4)7-8-29-18(12)27/h5-6,10H,1,7-9,11H2,2-4H3,(H,24,26)/b25-16+. The molecule has 6 nitrogen and oxygen atoms in total. The van der Waals surface area contributed by atoms with E-state index in [4.69, 9.17) is 9.57 Å². The maximum Gasteiger partial charge on any atom is 0.416 e. The molecule has 158 valence electrons. The Labute approximate surface area is 166 Å². The highest BCUT2D eigenvalue weighted by atomic mass is 19.4. The van der Waals surface area contributed by atoms with Gasteiger partial charge < -0.3 is 14.9 Å². The summed E-state index contributed by atoms with van der Waals surface area (Å²) in [7, 11) is 1.38. The lowest BCUT2D eigenvalue weighted by atomic mass is 9.85. The highest BCUT2D eigenvalue weighted by Gasteiger charge is 2.32. The molecule has 0 bridgehead atoms. The van der Waals surface area contributed by atoms with E-state index in [1.807, 2.05) is 13.8 Å². The van der Waals surface area contributed by atoms with Crippen LogP contribution in [0.25, 0.3) is 0 Å². The summed E-state index contributed by atoms with van der Waals surface area (Å²) in [4.78, 5) is 29.8. The van der Waals surface area contributed by atoms with Crippen molar-refractivity contribution in [1.29, 1.82) is 0 Å². The molecule has 1 heterocycles. The molecule has 0 spiro atoms. The van der Waals surface area contributed by atoms with E-state index in [0.717, 1.165) is 18.2 Å². The van der Waals surface area contributed by atoms with Crippen molar-refractivity contribution in [2.75, 3.05) is 20.3 Å². The van der Waals surface area contributed by atoms with Crippen LogP contribution in [0, 0.1) is 5.41 Å². The summed E-state index contributed by atoms with van der Waals surface area (Å²) in [6.07, 6.45) is -4.56. The van der Waals surface area contributed by atoms with Crippen molar-refractivity contribution in [2.45, 2.75) is 32.9 Å². The van der Waals surface area contributed by atoms with Gasteiger partial charge in [-0.15, -0.1) is 0 Å². The van der Waals surface area contributed by atoms with Gasteiger partial charge in [0.05, 0.1) is 17.9 Å². The Hall–Kier alpha value is -2.84. The lowest BCUT2D eigenvalue weighted by Crippen LogP contribution is -2.39. The molecule has 0 saturated heterocycles. The molecule has 2 rings (SSSR count). The smallest absolute Gasteiger partial charge is 0.416 e. The lowest BCUT2D eigenvalue weighted by Gasteiger charge is -2.26. The topological polar surface area (TPSA) is 77.0 Å². The van der Waals surface area contributed by atoms with Gasteiger partial charge in [-0.2, -0.15) is 13.2 Å². The van der Waals surface area contributed by atoms with Crippen LogP contribution in [-0.4, -0.2) is 37.8 Å². The molecular weight excluding hydrogens is 389 g/mol. The van der Waals surface area contributed by atoms with Gasteiger partial charge in [0.2, 0.25) is 0 Å². The molecule has 0 saturated carbocycles. The van der Waals surface area contributed by atoms with E-state index < -0.39 is 29.0 Å². The van der Waals surface area contributed by atoms with Gasteiger partial charge in [-0.05, 0) is 23.8 Å². The lowest BCUT2D eigenvalue weighted by molar-refractivity contribution is -0.139. The van der Waals surface area contributed by atoms with Crippen LogP contribution in [0.1, 0.15) is 41.8 Å². The molecule has 0 aromatic heterocycles. The van der Waals surface area contributed by atoms with E-state index in [-0.39, 0.29) is 42.7 Å². The maximum absolute atomic E-state index is 13.1. The summed E-state index contributed by atoms with van der Waals surface area (Å²) in [5.41, 5.74) is -0.971. The second-order valence-corrected chi connectivity index (χ2v) is 7.32. The van der Waals surface area contributed by atoms with Gasteiger partial charge >= 0.3 is 12.1 Å². The second kappa shape index (κ2) is 8.67. The van der Waals surface area contributed by atoms with Crippen LogP contribution in [0.15, 0.2) is 35.5 Å². The van der Waals surface area contributed by atoms with Crippen molar-refractivity contribution in [3.63, 3.8) is 0 Å². The number of cyclic esters (lactones) is 1. The molecule has 29 heavy (non-hydrogen) atoms.